The highest BCUT2D eigenvalue weighted by Crippen LogP contribution is 2.17. The molecule has 1 rings (SSSR count). The van der Waals surface area contributed by atoms with Gasteiger partial charge in [0.05, 0.1) is 12.0 Å². The van der Waals surface area contributed by atoms with Crippen LogP contribution in [0.3, 0.4) is 0 Å². The minimum atomic E-state index is -0.584. The lowest BCUT2D eigenvalue weighted by molar-refractivity contribution is 0.143. The van der Waals surface area contributed by atoms with Gasteiger partial charge in [-0.3, -0.25) is 0 Å². The molecule has 0 aliphatic rings. The minimum Gasteiger partial charge on any atom is -0.493 e. The Morgan fingerprint density at radius 2 is 1.68 bits per heavy atom. The zero-order valence-electron chi connectivity index (χ0n) is 13.4. The van der Waals surface area contributed by atoms with Gasteiger partial charge in [0.15, 0.2) is 3.95 Å². The predicted octanol–water partition coefficient (Wildman–Crippen LogP) is 5.89. The maximum Gasteiger partial charge on any atom is 0.422 e. The van der Waals surface area contributed by atoms with E-state index >= 15 is 0 Å². The van der Waals surface area contributed by atoms with Gasteiger partial charge in [-0.2, -0.15) is 4.57 Å². The van der Waals surface area contributed by atoms with Crippen LogP contribution in [-0.2, 0) is 4.74 Å². The van der Waals surface area contributed by atoms with Crippen LogP contribution < -0.4 is 0 Å². The zero-order valence-corrected chi connectivity index (χ0v) is 15.0. The summed E-state index contributed by atoms with van der Waals surface area (Å²) in [4.78, 5) is 11.7. The summed E-state index contributed by atoms with van der Waals surface area (Å²) < 4.78 is 6.46. The normalized spacial score (nSPS) is 10.8. The average Bonchev–Trinajstić information content (AvgIpc) is 2.83. The summed E-state index contributed by atoms with van der Waals surface area (Å²) in [5.74, 6) is -0.150. The summed E-state index contributed by atoms with van der Waals surface area (Å²) in [5.41, 5.74) is 0. The third-order valence-electron chi connectivity index (χ3n) is 3.58. The van der Waals surface area contributed by atoms with Crippen molar-refractivity contribution >= 4 is 29.6 Å². The molecule has 0 aliphatic heterocycles. The van der Waals surface area contributed by atoms with E-state index in [2.05, 4.69) is 6.92 Å². The summed E-state index contributed by atoms with van der Waals surface area (Å²) in [5, 5.41) is 10.9. The smallest absolute Gasteiger partial charge is 0.422 e. The third-order valence-corrected chi connectivity index (χ3v) is 4.77. The zero-order chi connectivity index (χ0) is 16.2. The fourth-order valence-corrected chi connectivity index (χ4v) is 3.18. The second-order valence-corrected chi connectivity index (χ2v) is 6.99. The van der Waals surface area contributed by atoms with Crippen LogP contribution in [0.4, 0.5) is 4.79 Å². The summed E-state index contributed by atoms with van der Waals surface area (Å²) >= 11 is 6.10. The van der Waals surface area contributed by atoms with Crippen LogP contribution in [0.25, 0.3) is 0 Å². The minimum absolute atomic E-state index is 0.150. The summed E-state index contributed by atoms with van der Waals surface area (Å²) in [6.45, 7) is 2.62. The van der Waals surface area contributed by atoms with Crippen LogP contribution in [0.15, 0.2) is 5.38 Å². The molecule has 0 unspecified atom stereocenters. The van der Waals surface area contributed by atoms with Gasteiger partial charge in [-0.15, -0.1) is 11.3 Å². The standard InChI is InChI=1S/C16H27NO3S2/c1-2-3-4-5-6-7-8-9-10-11-12-20-15(19)17-14(18)13-22-16(17)21/h13,18H,2-12H2,1H3. The van der Waals surface area contributed by atoms with Crippen molar-refractivity contribution in [3.8, 4) is 5.88 Å². The fourth-order valence-electron chi connectivity index (χ4n) is 2.28. The Morgan fingerprint density at radius 3 is 2.18 bits per heavy atom. The largest absolute Gasteiger partial charge is 0.493 e. The summed E-state index contributed by atoms with van der Waals surface area (Å²) in [6, 6.07) is 0. The van der Waals surface area contributed by atoms with Gasteiger partial charge in [0, 0.05) is 0 Å². The van der Waals surface area contributed by atoms with E-state index in [1.807, 2.05) is 0 Å². The highest BCUT2D eigenvalue weighted by Gasteiger charge is 2.12. The number of rotatable bonds is 11. The van der Waals surface area contributed by atoms with Crippen molar-refractivity contribution in [3.63, 3.8) is 0 Å². The highest BCUT2D eigenvalue weighted by molar-refractivity contribution is 7.73. The molecule has 0 fully saturated rings. The molecule has 0 aliphatic carbocycles. The molecule has 0 atom stereocenters. The highest BCUT2D eigenvalue weighted by atomic mass is 32.1. The number of nitrogens with zero attached hydrogens (tertiary/aromatic N) is 1. The Morgan fingerprint density at radius 1 is 1.14 bits per heavy atom. The van der Waals surface area contributed by atoms with Crippen molar-refractivity contribution < 1.29 is 14.6 Å². The number of hydrogen-bond acceptors (Lipinski definition) is 5. The monoisotopic (exact) mass is 345 g/mol. The van der Waals surface area contributed by atoms with Crippen molar-refractivity contribution in [1.82, 2.24) is 4.57 Å². The van der Waals surface area contributed by atoms with Crippen LogP contribution in [0.5, 0.6) is 5.88 Å². The number of aromatic nitrogens is 1. The number of carbonyl (C=O) groups is 1. The van der Waals surface area contributed by atoms with Crippen molar-refractivity contribution in [2.24, 2.45) is 0 Å². The Hall–Kier alpha value is -0.880. The van der Waals surface area contributed by atoms with Crippen LogP contribution in [0.1, 0.15) is 71.1 Å². The van der Waals surface area contributed by atoms with Gasteiger partial charge in [0.25, 0.3) is 0 Å². The van der Waals surface area contributed by atoms with E-state index in [1.54, 1.807) is 0 Å². The first-order chi connectivity index (χ1) is 10.7. The molecule has 0 bridgehead atoms. The number of thiazole rings is 1. The second kappa shape index (κ2) is 11.7. The van der Waals surface area contributed by atoms with E-state index < -0.39 is 6.09 Å². The van der Waals surface area contributed by atoms with Gasteiger partial charge in [-0.05, 0) is 18.6 Å². The summed E-state index contributed by atoms with van der Waals surface area (Å²) in [6.07, 6.45) is 11.8. The molecular formula is C16H27NO3S2. The molecule has 6 heteroatoms. The molecule has 1 aromatic heterocycles. The van der Waals surface area contributed by atoms with Gasteiger partial charge in [0.2, 0.25) is 5.88 Å². The number of hydrogen-bond donors (Lipinski definition) is 1. The van der Waals surface area contributed by atoms with Crippen LogP contribution in [0.2, 0.25) is 0 Å². The van der Waals surface area contributed by atoms with E-state index in [-0.39, 0.29) is 5.88 Å². The maximum atomic E-state index is 11.7. The van der Waals surface area contributed by atoms with Gasteiger partial charge in [0.1, 0.15) is 0 Å². The second-order valence-electron chi connectivity index (χ2n) is 5.49. The lowest BCUT2D eigenvalue weighted by Gasteiger charge is -2.06. The molecule has 0 radical (unpaired) electrons. The number of carbonyl (C=O) groups excluding carboxylic acids is 1. The molecule has 0 saturated heterocycles. The van der Waals surface area contributed by atoms with Crippen LogP contribution in [0, 0.1) is 3.95 Å². The van der Waals surface area contributed by atoms with Crippen LogP contribution in [-0.4, -0.2) is 22.4 Å². The first-order valence-corrected chi connectivity index (χ1v) is 9.52. The van der Waals surface area contributed by atoms with E-state index in [1.165, 1.54) is 56.7 Å². The molecule has 1 heterocycles. The third kappa shape index (κ3) is 7.40. The van der Waals surface area contributed by atoms with E-state index in [0.29, 0.717) is 10.6 Å². The SMILES string of the molecule is CCCCCCCCCCCCOC(=O)n1c(O)csc1=S. The molecule has 0 amide bonds. The molecule has 126 valence electrons. The number of unbranched alkanes of at least 4 members (excludes halogenated alkanes) is 9. The molecule has 1 aromatic rings. The van der Waals surface area contributed by atoms with Crippen molar-refractivity contribution in [2.45, 2.75) is 71.1 Å². The average molecular weight is 346 g/mol. The quantitative estimate of drug-likeness (QED) is 0.401. The van der Waals surface area contributed by atoms with Crippen molar-refractivity contribution in [3.05, 3.63) is 9.33 Å². The predicted molar refractivity (Wildman–Crippen MR) is 93.4 cm³/mol. The molecule has 22 heavy (non-hydrogen) atoms. The van der Waals surface area contributed by atoms with E-state index in [9.17, 15) is 9.90 Å². The molecule has 1 N–H and O–H groups in total. The Balaban J connectivity index is 1.98. The first-order valence-electron chi connectivity index (χ1n) is 8.23. The lowest BCUT2D eigenvalue weighted by Crippen LogP contribution is -2.13. The number of ether oxygens (including phenoxy) is 1. The topological polar surface area (TPSA) is 51.5 Å². The van der Waals surface area contributed by atoms with Crippen molar-refractivity contribution in [1.29, 1.82) is 0 Å². The van der Waals surface area contributed by atoms with Crippen molar-refractivity contribution in [2.75, 3.05) is 6.61 Å². The Labute approximate surface area is 142 Å². The van der Waals surface area contributed by atoms with Gasteiger partial charge < -0.3 is 9.84 Å². The van der Waals surface area contributed by atoms with Gasteiger partial charge in [-0.25, -0.2) is 4.79 Å². The van der Waals surface area contributed by atoms with E-state index in [4.69, 9.17) is 17.0 Å². The lowest BCUT2D eigenvalue weighted by atomic mass is 10.1. The molecular weight excluding hydrogens is 318 g/mol. The van der Waals surface area contributed by atoms with Crippen LogP contribution >= 0.6 is 23.6 Å². The molecule has 0 spiro atoms. The van der Waals surface area contributed by atoms with Gasteiger partial charge in [-0.1, -0.05) is 64.7 Å². The maximum absolute atomic E-state index is 11.7. The first kappa shape index (κ1) is 19.2. The number of aromatic hydroxyl groups is 1. The molecule has 4 nitrogen and oxygen atoms in total. The molecule has 0 aromatic carbocycles. The van der Waals surface area contributed by atoms with Gasteiger partial charge >= 0.3 is 6.09 Å². The Kier molecular flexibility index (Phi) is 10.2. The molecule has 0 saturated carbocycles. The Bertz CT molecular complexity index is 482. The summed E-state index contributed by atoms with van der Waals surface area (Å²) in [7, 11) is 0. The fraction of sp³-hybridized carbons (Fsp3) is 0.750. The van der Waals surface area contributed by atoms with E-state index in [0.717, 1.165) is 28.7 Å².